The molecule has 27 heavy (non-hydrogen) atoms. The van der Waals surface area contributed by atoms with Crippen LogP contribution in [0.4, 0.5) is 0 Å². The van der Waals surface area contributed by atoms with Crippen LogP contribution in [-0.2, 0) is 13.2 Å². The highest BCUT2D eigenvalue weighted by Crippen LogP contribution is 2.36. The number of aliphatic hydroxyl groups is 1. The third-order valence-electron chi connectivity index (χ3n) is 5.00. The first-order chi connectivity index (χ1) is 13.2. The number of rotatable bonds is 6. The van der Waals surface area contributed by atoms with Gasteiger partial charge < -0.3 is 15.0 Å². The van der Waals surface area contributed by atoms with Crippen LogP contribution in [0.25, 0.3) is 5.69 Å². The van der Waals surface area contributed by atoms with E-state index in [0.29, 0.717) is 11.4 Å². The van der Waals surface area contributed by atoms with Gasteiger partial charge in [-0.25, -0.2) is 0 Å². The normalized spacial score (nSPS) is 18.9. The number of carbonyl (C=O) groups excluding carboxylic acids is 1. The second-order valence-corrected chi connectivity index (χ2v) is 6.60. The van der Waals surface area contributed by atoms with Gasteiger partial charge in [0.05, 0.1) is 11.3 Å². The summed E-state index contributed by atoms with van der Waals surface area (Å²) >= 11 is 0. The molecule has 1 saturated carbocycles. The van der Waals surface area contributed by atoms with E-state index in [1.165, 1.54) is 0 Å². The molecule has 1 aliphatic carbocycles. The third-order valence-corrected chi connectivity index (χ3v) is 5.00. The van der Waals surface area contributed by atoms with Gasteiger partial charge in [0.2, 0.25) is 0 Å². The molecule has 4 rings (SSSR count). The minimum absolute atomic E-state index is 0.0936. The first-order valence-electron chi connectivity index (χ1n) is 8.99. The predicted molar refractivity (Wildman–Crippen MR) is 96.2 cm³/mol. The second-order valence-electron chi connectivity index (χ2n) is 6.60. The molecule has 0 aliphatic heterocycles. The van der Waals surface area contributed by atoms with Crippen molar-refractivity contribution in [3.05, 3.63) is 54.1 Å². The SMILES string of the molecule is CCn1c(CO)nnc1C1CC(NC(=O)c2ccccc2-n2cnnc2)C1. The molecule has 140 valence electrons. The summed E-state index contributed by atoms with van der Waals surface area (Å²) in [6, 6.07) is 7.47. The number of amides is 1. The number of carbonyl (C=O) groups is 1. The molecule has 1 amide bonds. The van der Waals surface area contributed by atoms with E-state index in [0.717, 1.165) is 30.9 Å². The van der Waals surface area contributed by atoms with Crippen LogP contribution in [0, 0.1) is 0 Å². The van der Waals surface area contributed by atoms with E-state index in [1.54, 1.807) is 23.3 Å². The quantitative estimate of drug-likeness (QED) is 0.674. The average Bonchev–Trinajstić information content (AvgIpc) is 3.33. The van der Waals surface area contributed by atoms with E-state index in [4.69, 9.17) is 0 Å². The highest BCUT2D eigenvalue weighted by atomic mass is 16.3. The zero-order valence-electron chi connectivity index (χ0n) is 15.0. The Labute approximate surface area is 156 Å². The predicted octanol–water partition coefficient (Wildman–Crippen LogP) is 1.05. The van der Waals surface area contributed by atoms with E-state index in [-0.39, 0.29) is 24.5 Å². The molecule has 1 aromatic carbocycles. The first-order valence-corrected chi connectivity index (χ1v) is 8.99. The Bertz CT molecular complexity index is 929. The molecule has 0 spiro atoms. The first kappa shape index (κ1) is 17.3. The Morgan fingerprint density at radius 2 is 1.96 bits per heavy atom. The Morgan fingerprint density at radius 1 is 1.22 bits per heavy atom. The molecule has 2 heterocycles. The van der Waals surface area contributed by atoms with Crippen LogP contribution in [0.5, 0.6) is 0 Å². The summed E-state index contributed by atoms with van der Waals surface area (Å²) in [4.78, 5) is 12.7. The van der Waals surface area contributed by atoms with Gasteiger partial charge >= 0.3 is 0 Å². The number of aliphatic hydroxyl groups excluding tert-OH is 1. The van der Waals surface area contributed by atoms with Crippen molar-refractivity contribution in [2.24, 2.45) is 0 Å². The molecule has 3 aromatic rings. The fraction of sp³-hybridized carbons (Fsp3) is 0.389. The third kappa shape index (κ3) is 3.21. The van der Waals surface area contributed by atoms with Crippen molar-refractivity contribution in [3.63, 3.8) is 0 Å². The number of hydrogen-bond acceptors (Lipinski definition) is 6. The van der Waals surface area contributed by atoms with Crippen molar-refractivity contribution in [1.29, 1.82) is 0 Å². The van der Waals surface area contributed by atoms with Crippen LogP contribution in [0.15, 0.2) is 36.9 Å². The maximum absolute atomic E-state index is 12.7. The van der Waals surface area contributed by atoms with Gasteiger partial charge in [0.1, 0.15) is 25.1 Å². The summed E-state index contributed by atoms with van der Waals surface area (Å²) < 4.78 is 3.67. The molecule has 0 unspecified atom stereocenters. The fourth-order valence-corrected chi connectivity index (χ4v) is 3.54. The number of nitrogens with one attached hydrogen (secondary N) is 1. The summed E-state index contributed by atoms with van der Waals surface area (Å²) in [5.74, 6) is 1.60. The van der Waals surface area contributed by atoms with E-state index < -0.39 is 0 Å². The molecule has 0 saturated heterocycles. The average molecular weight is 367 g/mol. The van der Waals surface area contributed by atoms with E-state index >= 15 is 0 Å². The van der Waals surface area contributed by atoms with Crippen LogP contribution < -0.4 is 5.32 Å². The Kier molecular flexibility index (Phi) is 4.68. The lowest BCUT2D eigenvalue weighted by Crippen LogP contribution is -2.44. The molecular weight excluding hydrogens is 346 g/mol. The molecule has 0 radical (unpaired) electrons. The van der Waals surface area contributed by atoms with E-state index in [2.05, 4.69) is 25.7 Å². The van der Waals surface area contributed by atoms with Gasteiger partial charge in [-0.05, 0) is 31.9 Å². The van der Waals surface area contributed by atoms with Gasteiger partial charge in [-0.2, -0.15) is 0 Å². The zero-order valence-corrected chi connectivity index (χ0v) is 15.0. The monoisotopic (exact) mass is 367 g/mol. The number of hydrogen-bond donors (Lipinski definition) is 2. The number of para-hydroxylation sites is 1. The smallest absolute Gasteiger partial charge is 0.253 e. The summed E-state index contributed by atoms with van der Waals surface area (Å²) in [5.41, 5.74) is 1.33. The van der Waals surface area contributed by atoms with Crippen LogP contribution in [0.3, 0.4) is 0 Å². The number of nitrogens with zero attached hydrogens (tertiary/aromatic N) is 6. The van der Waals surface area contributed by atoms with Gasteiger partial charge in [0.25, 0.3) is 5.91 Å². The largest absolute Gasteiger partial charge is 0.388 e. The zero-order chi connectivity index (χ0) is 18.8. The second kappa shape index (κ2) is 7.28. The van der Waals surface area contributed by atoms with Crippen molar-refractivity contribution in [3.8, 4) is 5.69 Å². The molecule has 1 aliphatic rings. The van der Waals surface area contributed by atoms with Crippen molar-refractivity contribution >= 4 is 5.91 Å². The molecule has 9 heteroatoms. The standard InChI is InChI=1S/C18H21N7O2/c1-2-25-16(9-26)22-23-17(25)12-7-13(8-12)21-18(27)14-5-3-4-6-15(14)24-10-19-20-11-24/h3-6,10-13,26H,2,7-9H2,1H3,(H,21,27). The Balaban J connectivity index is 1.43. The lowest BCUT2D eigenvalue weighted by atomic mass is 9.79. The number of aromatic nitrogens is 6. The fourth-order valence-electron chi connectivity index (χ4n) is 3.54. The topological polar surface area (TPSA) is 111 Å². The molecular formula is C18H21N7O2. The summed E-state index contributed by atoms with van der Waals surface area (Å²) in [6.45, 7) is 2.61. The molecule has 9 nitrogen and oxygen atoms in total. The highest BCUT2D eigenvalue weighted by Gasteiger charge is 2.35. The summed E-state index contributed by atoms with van der Waals surface area (Å²) in [7, 11) is 0. The van der Waals surface area contributed by atoms with Gasteiger partial charge in [-0.1, -0.05) is 12.1 Å². The molecule has 1 fully saturated rings. The lowest BCUT2D eigenvalue weighted by molar-refractivity contribution is 0.0906. The molecule has 0 bridgehead atoms. The van der Waals surface area contributed by atoms with E-state index in [1.807, 2.05) is 29.7 Å². The van der Waals surface area contributed by atoms with Crippen LogP contribution in [-0.4, -0.2) is 46.6 Å². The summed E-state index contributed by atoms with van der Waals surface area (Å²) in [5, 5.41) is 28.3. The highest BCUT2D eigenvalue weighted by molar-refractivity contribution is 5.98. The molecule has 2 N–H and O–H groups in total. The van der Waals surface area contributed by atoms with Gasteiger partial charge in [-0.15, -0.1) is 20.4 Å². The Hall–Kier alpha value is -3.07. The minimum Gasteiger partial charge on any atom is -0.388 e. The van der Waals surface area contributed by atoms with Crippen LogP contribution in [0.1, 0.15) is 47.7 Å². The minimum atomic E-state index is -0.117. The van der Waals surface area contributed by atoms with Gasteiger partial charge in [0, 0.05) is 18.5 Å². The van der Waals surface area contributed by atoms with Crippen molar-refractivity contribution in [2.45, 2.75) is 44.9 Å². The van der Waals surface area contributed by atoms with Crippen molar-refractivity contribution in [1.82, 2.24) is 34.8 Å². The summed E-state index contributed by atoms with van der Waals surface area (Å²) in [6.07, 6.45) is 4.76. The van der Waals surface area contributed by atoms with Crippen LogP contribution in [0.2, 0.25) is 0 Å². The van der Waals surface area contributed by atoms with Gasteiger partial charge in [-0.3, -0.25) is 9.36 Å². The maximum atomic E-state index is 12.7. The molecule has 2 aromatic heterocycles. The molecule has 0 atom stereocenters. The van der Waals surface area contributed by atoms with Crippen molar-refractivity contribution < 1.29 is 9.90 Å². The lowest BCUT2D eigenvalue weighted by Gasteiger charge is -2.35. The maximum Gasteiger partial charge on any atom is 0.253 e. The van der Waals surface area contributed by atoms with Gasteiger partial charge in [0.15, 0.2) is 5.82 Å². The Morgan fingerprint density at radius 3 is 2.67 bits per heavy atom. The number of benzene rings is 1. The van der Waals surface area contributed by atoms with Crippen LogP contribution >= 0.6 is 0 Å². The van der Waals surface area contributed by atoms with E-state index in [9.17, 15) is 9.90 Å². The van der Waals surface area contributed by atoms with Crippen molar-refractivity contribution in [2.75, 3.05) is 0 Å².